The van der Waals surface area contributed by atoms with E-state index in [1.807, 2.05) is 40.4 Å². The van der Waals surface area contributed by atoms with Crippen LogP contribution in [0.15, 0.2) is 79.1 Å². The minimum Gasteiger partial charge on any atom is -0.295 e. The first-order chi connectivity index (χ1) is 17.2. The SMILES string of the molecule is S=c1n(CN2CCC(c3nc4ccccc4s3)CC2)nc(-c2cccnc2)n1Cc1ccccc1. The first-order valence-electron chi connectivity index (χ1n) is 11.9. The molecule has 0 amide bonds. The predicted molar refractivity (Wildman–Crippen MR) is 143 cm³/mol. The van der Waals surface area contributed by atoms with Crippen LogP contribution in [0.5, 0.6) is 0 Å². The fraction of sp³-hybridized carbons (Fsp3) is 0.259. The number of hydrogen-bond donors (Lipinski definition) is 0. The number of likely N-dealkylation sites (tertiary alicyclic amines) is 1. The highest BCUT2D eigenvalue weighted by molar-refractivity contribution is 7.71. The Balaban J connectivity index is 1.21. The number of benzene rings is 2. The van der Waals surface area contributed by atoms with Gasteiger partial charge in [-0.3, -0.25) is 14.5 Å². The third-order valence-electron chi connectivity index (χ3n) is 6.61. The van der Waals surface area contributed by atoms with Crippen LogP contribution >= 0.6 is 23.6 Å². The summed E-state index contributed by atoms with van der Waals surface area (Å²) in [5, 5.41) is 6.23. The van der Waals surface area contributed by atoms with E-state index in [0.29, 0.717) is 19.1 Å². The van der Waals surface area contributed by atoms with Crippen molar-refractivity contribution in [3.8, 4) is 11.4 Å². The molecule has 3 aromatic heterocycles. The Morgan fingerprint density at radius 3 is 2.51 bits per heavy atom. The zero-order chi connectivity index (χ0) is 23.6. The number of nitrogens with zero attached hydrogens (tertiary/aromatic N) is 6. The Hall–Kier alpha value is -3.20. The van der Waals surface area contributed by atoms with Crippen LogP contribution in [0.1, 0.15) is 29.3 Å². The van der Waals surface area contributed by atoms with Crippen molar-refractivity contribution >= 4 is 33.8 Å². The van der Waals surface area contributed by atoms with E-state index in [2.05, 4.69) is 63.0 Å². The molecule has 0 atom stereocenters. The van der Waals surface area contributed by atoms with Crippen LogP contribution in [0.2, 0.25) is 0 Å². The Labute approximate surface area is 213 Å². The molecule has 0 spiro atoms. The second kappa shape index (κ2) is 9.81. The Kier molecular flexibility index (Phi) is 6.24. The number of para-hydroxylation sites is 1. The van der Waals surface area contributed by atoms with Gasteiger partial charge in [0.1, 0.15) is 0 Å². The van der Waals surface area contributed by atoms with Gasteiger partial charge in [-0.1, -0.05) is 42.5 Å². The molecule has 0 bridgehead atoms. The number of piperidine rings is 1. The standard InChI is InChI=1S/C27H26N6S2/c34-27-32(18-20-7-2-1-3-8-20)25(22-9-6-14-28-17-22)30-33(27)19-31-15-12-21(13-16-31)26-29-23-10-4-5-11-24(23)35-26/h1-11,14,17,21H,12-13,15-16,18-19H2. The maximum absolute atomic E-state index is 5.93. The molecule has 0 unspecified atom stereocenters. The van der Waals surface area contributed by atoms with E-state index < -0.39 is 0 Å². The lowest BCUT2D eigenvalue weighted by molar-refractivity contribution is 0.160. The van der Waals surface area contributed by atoms with Gasteiger partial charge in [-0.25, -0.2) is 9.67 Å². The van der Waals surface area contributed by atoms with E-state index in [-0.39, 0.29) is 0 Å². The molecule has 6 rings (SSSR count). The monoisotopic (exact) mass is 498 g/mol. The summed E-state index contributed by atoms with van der Waals surface area (Å²) in [4.78, 5) is 11.7. The summed E-state index contributed by atoms with van der Waals surface area (Å²) in [5.41, 5.74) is 3.29. The van der Waals surface area contributed by atoms with Gasteiger partial charge in [-0.05, 0) is 54.9 Å². The van der Waals surface area contributed by atoms with Crippen molar-refractivity contribution in [2.75, 3.05) is 13.1 Å². The number of rotatable bonds is 6. The van der Waals surface area contributed by atoms with Gasteiger partial charge in [0.2, 0.25) is 0 Å². The number of fused-ring (bicyclic) bond motifs is 1. The van der Waals surface area contributed by atoms with E-state index in [0.717, 1.165) is 47.6 Å². The fourth-order valence-electron chi connectivity index (χ4n) is 4.73. The third-order valence-corrected chi connectivity index (χ3v) is 8.24. The van der Waals surface area contributed by atoms with Crippen molar-refractivity contribution < 1.29 is 0 Å². The number of aromatic nitrogens is 5. The molecule has 5 aromatic rings. The maximum Gasteiger partial charge on any atom is 0.199 e. The zero-order valence-electron chi connectivity index (χ0n) is 19.3. The number of pyridine rings is 1. The van der Waals surface area contributed by atoms with Crippen molar-refractivity contribution in [1.82, 2.24) is 29.2 Å². The van der Waals surface area contributed by atoms with Crippen molar-refractivity contribution in [2.24, 2.45) is 0 Å². The lowest BCUT2D eigenvalue weighted by Crippen LogP contribution is -2.34. The summed E-state index contributed by atoms with van der Waals surface area (Å²) in [7, 11) is 0. The van der Waals surface area contributed by atoms with E-state index >= 15 is 0 Å². The molecule has 4 heterocycles. The quantitative estimate of drug-likeness (QED) is 0.270. The van der Waals surface area contributed by atoms with Crippen LogP contribution < -0.4 is 0 Å². The average molecular weight is 499 g/mol. The van der Waals surface area contributed by atoms with Crippen LogP contribution in [0.4, 0.5) is 0 Å². The lowest BCUT2D eigenvalue weighted by Gasteiger charge is -2.30. The molecular weight excluding hydrogens is 472 g/mol. The van der Waals surface area contributed by atoms with Gasteiger partial charge in [0.15, 0.2) is 10.6 Å². The molecule has 0 aliphatic carbocycles. The van der Waals surface area contributed by atoms with Crippen molar-refractivity contribution in [1.29, 1.82) is 0 Å². The summed E-state index contributed by atoms with van der Waals surface area (Å²) < 4.78 is 6.11. The molecule has 1 saturated heterocycles. The molecule has 2 aromatic carbocycles. The van der Waals surface area contributed by atoms with Gasteiger partial charge < -0.3 is 0 Å². The minimum absolute atomic E-state index is 0.526. The Morgan fingerprint density at radius 2 is 1.74 bits per heavy atom. The highest BCUT2D eigenvalue weighted by atomic mass is 32.1. The molecule has 1 fully saturated rings. The first-order valence-corrected chi connectivity index (χ1v) is 13.2. The molecule has 0 N–H and O–H groups in total. The van der Waals surface area contributed by atoms with Crippen molar-refractivity contribution in [3.63, 3.8) is 0 Å². The highest BCUT2D eigenvalue weighted by Crippen LogP contribution is 2.34. The predicted octanol–water partition coefficient (Wildman–Crippen LogP) is 5.97. The van der Waals surface area contributed by atoms with Crippen LogP contribution in [0.25, 0.3) is 21.6 Å². The second-order valence-corrected chi connectivity index (χ2v) is 10.4. The molecule has 1 aliphatic rings. The van der Waals surface area contributed by atoms with Crippen molar-refractivity contribution in [2.45, 2.75) is 32.0 Å². The molecule has 176 valence electrons. The van der Waals surface area contributed by atoms with Gasteiger partial charge >= 0.3 is 0 Å². The summed E-state index contributed by atoms with van der Waals surface area (Å²) in [6, 6.07) is 22.8. The van der Waals surface area contributed by atoms with Crippen LogP contribution in [-0.4, -0.2) is 42.3 Å². The molecule has 8 heteroatoms. The number of hydrogen-bond acceptors (Lipinski definition) is 6. The molecule has 0 radical (unpaired) electrons. The fourth-order valence-corrected chi connectivity index (χ4v) is 6.11. The molecule has 0 saturated carbocycles. The van der Waals surface area contributed by atoms with Gasteiger partial charge in [0.05, 0.1) is 28.4 Å². The van der Waals surface area contributed by atoms with E-state index in [9.17, 15) is 0 Å². The molecule has 6 nitrogen and oxygen atoms in total. The van der Waals surface area contributed by atoms with E-state index in [1.54, 1.807) is 6.20 Å². The number of thiazole rings is 1. The maximum atomic E-state index is 5.93. The minimum atomic E-state index is 0.526. The average Bonchev–Trinajstić information content (AvgIpc) is 3.47. The smallest absolute Gasteiger partial charge is 0.199 e. The van der Waals surface area contributed by atoms with Gasteiger partial charge in [0.25, 0.3) is 0 Å². The van der Waals surface area contributed by atoms with E-state index in [1.165, 1.54) is 15.3 Å². The van der Waals surface area contributed by atoms with Crippen molar-refractivity contribution in [3.05, 3.63) is 94.5 Å². The normalized spacial score (nSPS) is 15.1. The summed E-state index contributed by atoms with van der Waals surface area (Å²) in [6.07, 6.45) is 5.85. The molecular formula is C27H26N6S2. The second-order valence-electron chi connectivity index (χ2n) is 8.97. The Bertz CT molecular complexity index is 1450. The third kappa shape index (κ3) is 4.69. The molecule has 1 aliphatic heterocycles. The lowest BCUT2D eigenvalue weighted by atomic mass is 9.98. The highest BCUT2D eigenvalue weighted by Gasteiger charge is 2.24. The summed E-state index contributed by atoms with van der Waals surface area (Å²) in [6.45, 7) is 3.40. The van der Waals surface area contributed by atoms with Crippen LogP contribution in [0, 0.1) is 4.77 Å². The first kappa shape index (κ1) is 22.3. The van der Waals surface area contributed by atoms with Gasteiger partial charge in [0, 0.05) is 37.0 Å². The van der Waals surface area contributed by atoms with Crippen LogP contribution in [0.3, 0.4) is 0 Å². The molecule has 35 heavy (non-hydrogen) atoms. The van der Waals surface area contributed by atoms with Gasteiger partial charge in [-0.15, -0.1) is 11.3 Å². The summed E-state index contributed by atoms with van der Waals surface area (Å²) >= 11 is 7.77. The zero-order valence-corrected chi connectivity index (χ0v) is 21.0. The topological polar surface area (TPSA) is 51.8 Å². The summed E-state index contributed by atoms with van der Waals surface area (Å²) in [5.74, 6) is 1.38. The van der Waals surface area contributed by atoms with Gasteiger partial charge in [-0.2, -0.15) is 5.10 Å². The Morgan fingerprint density at radius 1 is 0.943 bits per heavy atom. The van der Waals surface area contributed by atoms with Crippen LogP contribution in [-0.2, 0) is 13.2 Å². The van der Waals surface area contributed by atoms with E-state index in [4.69, 9.17) is 22.3 Å². The largest absolute Gasteiger partial charge is 0.295 e.